The summed E-state index contributed by atoms with van der Waals surface area (Å²) in [5, 5.41) is 9.52. The average molecular weight is 288 g/mol. The molecule has 0 bridgehead atoms. The molecule has 5 heteroatoms. The molecular weight excluding hydrogens is 274 g/mol. The first-order chi connectivity index (χ1) is 7.50. The van der Waals surface area contributed by atoms with Crippen LogP contribution in [0.5, 0.6) is 5.75 Å². The standard InChI is InChI=1S/C11H14BrNO3/c1-7(2)6-16-13-11(15)9-4-3-8(12)5-10(9)14/h3-5,7,14H,6H2,1-2H3,(H,13,15). The lowest BCUT2D eigenvalue weighted by atomic mass is 10.2. The summed E-state index contributed by atoms with van der Waals surface area (Å²) in [6.07, 6.45) is 0. The van der Waals surface area contributed by atoms with E-state index in [1.807, 2.05) is 13.8 Å². The molecule has 1 amide bonds. The number of rotatable bonds is 4. The Morgan fingerprint density at radius 1 is 1.56 bits per heavy atom. The highest BCUT2D eigenvalue weighted by molar-refractivity contribution is 9.10. The van der Waals surface area contributed by atoms with E-state index in [1.165, 1.54) is 12.1 Å². The van der Waals surface area contributed by atoms with Gasteiger partial charge in [0.05, 0.1) is 12.2 Å². The van der Waals surface area contributed by atoms with Crippen molar-refractivity contribution in [1.29, 1.82) is 0 Å². The number of hydroxylamine groups is 1. The van der Waals surface area contributed by atoms with Crippen LogP contribution in [0.25, 0.3) is 0 Å². The minimum absolute atomic E-state index is 0.0833. The second-order valence-corrected chi connectivity index (χ2v) is 4.71. The van der Waals surface area contributed by atoms with Gasteiger partial charge in [-0.25, -0.2) is 5.48 Å². The lowest BCUT2D eigenvalue weighted by Crippen LogP contribution is -2.25. The molecule has 0 saturated carbocycles. The minimum atomic E-state index is -0.453. The molecule has 0 saturated heterocycles. The lowest BCUT2D eigenvalue weighted by Gasteiger charge is -2.08. The Balaban J connectivity index is 2.59. The number of halogens is 1. The summed E-state index contributed by atoms with van der Waals surface area (Å²) < 4.78 is 0.713. The van der Waals surface area contributed by atoms with Crippen molar-refractivity contribution in [2.45, 2.75) is 13.8 Å². The molecule has 0 spiro atoms. The highest BCUT2D eigenvalue weighted by Crippen LogP contribution is 2.21. The lowest BCUT2D eigenvalue weighted by molar-refractivity contribution is 0.0207. The Bertz CT molecular complexity index is 379. The Kier molecular flexibility index (Phi) is 4.76. The molecule has 0 unspecified atom stereocenters. The van der Waals surface area contributed by atoms with E-state index in [0.29, 0.717) is 17.0 Å². The fourth-order valence-electron chi connectivity index (χ4n) is 1.03. The highest BCUT2D eigenvalue weighted by atomic mass is 79.9. The predicted molar refractivity (Wildman–Crippen MR) is 64.1 cm³/mol. The van der Waals surface area contributed by atoms with Crippen molar-refractivity contribution in [1.82, 2.24) is 5.48 Å². The van der Waals surface area contributed by atoms with Gasteiger partial charge in [-0.05, 0) is 24.1 Å². The minimum Gasteiger partial charge on any atom is -0.507 e. The first kappa shape index (κ1) is 13.0. The van der Waals surface area contributed by atoms with E-state index in [0.717, 1.165) is 0 Å². The van der Waals surface area contributed by atoms with Crippen molar-refractivity contribution >= 4 is 21.8 Å². The molecule has 0 fully saturated rings. The van der Waals surface area contributed by atoms with Gasteiger partial charge in [-0.1, -0.05) is 29.8 Å². The van der Waals surface area contributed by atoms with Gasteiger partial charge in [0.25, 0.3) is 5.91 Å². The Labute approximate surface area is 103 Å². The maximum atomic E-state index is 11.5. The van der Waals surface area contributed by atoms with E-state index in [4.69, 9.17) is 4.84 Å². The van der Waals surface area contributed by atoms with Gasteiger partial charge in [0.2, 0.25) is 0 Å². The maximum absolute atomic E-state index is 11.5. The van der Waals surface area contributed by atoms with Crippen LogP contribution in [-0.2, 0) is 4.84 Å². The molecule has 0 radical (unpaired) electrons. The van der Waals surface area contributed by atoms with Crippen molar-refractivity contribution in [3.8, 4) is 5.75 Å². The second-order valence-electron chi connectivity index (χ2n) is 3.80. The molecule has 0 aliphatic carbocycles. The van der Waals surface area contributed by atoms with Crippen LogP contribution >= 0.6 is 15.9 Å². The molecular formula is C11H14BrNO3. The van der Waals surface area contributed by atoms with Gasteiger partial charge in [0.1, 0.15) is 5.75 Å². The Morgan fingerprint density at radius 2 is 2.25 bits per heavy atom. The van der Waals surface area contributed by atoms with E-state index in [2.05, 4.69) is 21.4 Å². The number of phenols is 1. The largest absolute Gasteiger partial charge is 0.507 e. The van der Waals surface area contributed by atoms with Crippen molar-refractivity contribution in [3.05, 3.63) is 28.2 Å². The van der Waals surface area contributed by atoms with Crippen LogP contribution in [0.4, 0.5) is 0 Å². The van der Waals surface area contributed by atoms with Crippen LogP contribution in [0, 0.1) is 5.92 Å². The summed E-state index contributed by atoms with van der Waals surface area (Å²) in [5.74, 6) is -0.204. The second kappa shape index (κ2) is 5.86. The van der Waals surface area contributed by atoms with Crippen LogP contribution in [0.1, 0.15) is 24.2 Å². The molecule has 88 valence electrons. The van der Waals surface area contributed by atoms with Crippen molar-refractivity contribution in [2.75, 3.05) is 6.61 Å². The average Bonchev–Trinajstić information content (AvgIpc) is 2.16. The van der Waals surface area contributed by atoms with Gasteiger partial charge in [-0.2, -0.15) is 0 Å². The number of carbonyl (C=O) groups excluding carboxylic acids is 1. The maximum Gasteiger partial charge on any atom is 0.278 e. The van der Waals surface area contributed by atoms with Crippen LogP contribution in [-0.4, -0.2) is 17.6 Å². The SMILES string of the molecule is CC(C)CONC(=O)c1ccc(Br)cc1O. The normalized spacial score (nSPS) is 10.5. The number of hydrogen-bond donors (Lipinski definition) is 2. The van der Waals surface area contributed by atoms with Crippen molar-refractivity contribution < 1.29 is 14.7 Å². The Morgan fingerprint density at radius 3 is 2.81 bits per heavy atom. The van der Waals surface area contributed by atoms with Crippen LogP contribution in [0.15, 0.2) is 22.7 Å². The van der Waals surface area contributed by atoms with Gasteiger partial charge in [0.15, 0.2) is 0 Å². The number of amides is 1. The third-order valence-corrected chi connectivity index (χ3v) is 2.28. The summed E-state index contributed by atoms with van der Waals surface area (Å²) in [5.41, 5.74) is 2.46. The van der Waals surface area contributed by atoms with Crippen molar-refractivity contribution in [3.63, 3.8) is 0 Å². The van der Waals surface area contributed by atoms with Gasteiger partial charge < -0.3 is 5.11 Å². The number of benzene rings is 1. The number of aromatic hydroxyl groups is 1. The summed E-state index contributed by atoms with van der Waals surface area (Å²) in [7, 11) is 0. The number of hydrogen-bond acceptors (Lipinski definition) is 3. The van der Waals surface area contributed by atoms with Crippen LogP contribution < -0.4 is 5.48 Å². The molecule has 0 aliphatic heterocycles. The summed E-state index contributed by atoms with van der Waals surface area (Å²) >= 11 is 3.19. The van der Waals surface area contributed by atoms with Crippen molar-refractivity contribution in [2.24, 2.45) is 5.92 Å². The quantitative estimate of drug-likeness (QED) is 0.837. The van der Waals surface area contributed by atoms with Gasteiger partial charge >= 0.3 is 0 Å². The molecule has 2 N–H and O–H groups in total. The van der Waals surface area contributed by atoms with Gasteiger partial charge in [-0.3, -0.25) is 9.63 Å². The zero-order valence-electron chi connectivity index (χ0n) is 9.16. The molecule has 0 aromatic heterocycles. The molecule has 0 atom stereocenters. The van der Waals surface area contributed by atoms with E-state index >= 15 is 0 Å². The first-order valence-electron chi connectivity index (χ1n) is 4.91. The van der Waals surface area contributed by atoms with Crippen LogP contribution in [0.2, 0.25) is 0 Å². The summed E-state index contributed by atoms with van der Waals surface area (Å²) in [4.78, 5) is 16.5. The molecule has 1 aromatic carbocycles. The number of nitrogens with one attached hydrogen (secondary N) is 1. The zero-order chi connectivity index (χ0) is 12.1. The summed E-state index contributed by atoms with van der Waals surface area (Å²) in [6.45, 7) is 4.38. The van der Waals surface area contributed by atoms with Crippen LogP contribution in [0.3, 0.4) is 0 Å². The molecule has 1 rings (SSSR count). The van der Waals surface area contributed by atoms with Gasteiger partial charge in [-0.15, -0.1) is 0 Å². The molecule has 0 aliphatic rings. The topological polar surface area (TPSA) is 58.6 Å². The van der Waals surface area contributed by atoms with E-state index < -0.39 is 5.91 Å². The monoisotopic (exact) mass is 287 g/mol. The first-order valence-corrected chi connectivity index (χ1v) is 5.70. The predicted octanol–water partition coefficient (Wildman–Crippen LogP) is 2.47. The van der Waals surface area contributed by atoms with E-state index in [9.17, 15) is 9.90 Å². The smallest absolute Gasteiger partial charge is 0.278 e. The number of carbonyl (C=O) groups is 1. The Hall–Kier alpha value is -1.07. The fraction of sp³-hybridized carbons (Fsp3) is 0.364. The number of phenolic OH excluding ortho intramolecular Hbond substituents is 1. The third-order valence-electron chi connectivity index (χ3n) is 1.79. The highest BCUT2D eigenvalue weighted by Gasteiger charge is 2.11. The third kappa shape index (κ3) is 3.83. The molecule has 4 nitrogen and oxygen atoms in total. The zero-order valence-corrected chi connectivity index (χ0v) is 10.7. The van der Waals surface area contributed by atoms with E-state index in [1.54, 1.807) is 6.07 Å². The van der Waals surface area contributed by atoms with E-state index in [-0.39, 0.29) is 11.3 Å². The molecule has 16 heavy (non-hydrogen) atoms. The van der Waals surface area contributed by atoms with Gasteiger partial charge in [0, 0.05) is 4.47 Å². The molecule has 1 aromatic rings. The molecule has 0 heterocycles. The fourth-order valence-corrected chi connectivity index (χ4v) is 1.37. The summed E-state index contributed by atoms with van der Waals surface area (Å²) in [6, 6.07) is 4.65.